The molecule has 0 saturated carbocycles. The Labute approximate surface area is 109 Å². The van der Waals surface area contributed by atoms with Crippen LogP contribution in [0.25, 0.3) is 11.3 Å². The zero-order valence-corrected chi connectivity index (χ0v) is 10.8. The Balaban J connectivity index is 2.41. The van der Waals surface area contributed by atoms with Crippen molar-refractivity contribution in [1.82, 2.24) is 9.97 Å². The molecule has 1 aromatic heterocycles. The van der Waals surface area contributed by atoms with Crippen molar-refractivity contribution < 1.29 is 4.74 Å². The molecule has 1 N–H and O–H groups in total. The van der Waals surface area contributed by atoms with Gasteiger partial charge in [0.15, 0.2) is 4.77 Å². The second-order valence-electron chi connectivity index (χ2n) is 3.37. The van der Waals surface area contributed by atoms with Crippen molar-refractivity contribution in [2.75, 3.05) is 6.61 Å². The van der Waals surface area contributed by atoms with Gasteiger partial charge in [-0.2, -0.15) is 0 Å². The fourth-order valence-corrected chi connectivity index (χ4v) is 1.88. The van der Waals surface area contributed by atoms with Gasteiger partial charge in [0, 0.05) is 11.9 Å². The Bertz CT molecular complexity index is 583. The summed E-state index contributed by atoms with van der Waals surface area (Å²) in [6, 6.07) is 7.46. The second-order valence-corrected chi connectivity index (χ2v) is 4.16. The van der Waals surface area contributed by atoms with Crippen molar-refractivity contribution in [3.05, 3.63) is 40.3 Å². The SMILES string of the molecule is CCOc1ccc(-c2ccnc(=S)[nH]2)cc1Cl. The van der Waals surface area contributed by atoms with E-state index in [1.165, 1.54) is 0 Å². The molecule has 5 heteroatoms. The number of aromatic nitrogens is 2. The molecule has 2 aromatic rings. The van der Waals surface area contributed by atoms with E-state index in [0.29, 0.717) is 22.2 Å². The number of nitrogens with zero attached hydrogens (tertiary/aromatic N) is 1. The highest BCUT2D eigenvalue weighted by Crippen LogP contribution is 2.29. The zero-order chi connectivity index (χ0) is 12.3. The molecule has 88 valence electrons. The molecule has 0 amide bonds. The molecule has 0 bridgehead atoms. The Kier molecular flexibility index (Phi) is 3.76. The number of halogens is 1. The minimum absolute atomic E-state index is 0.451. The molecule has 1 heterocycles. The number of rotatable bonds is 3. The minimum atomic E-state index is 0.451. The maximum absolute atomic E-state index is 6.12. The van der Waals surface area contributed by atoms with Gasteiger partial charge in [-0.1, -0.05) is 11.6 Å². The van der Waals surface area contributed by atoms with Gasteiger partial charge < -0.3 is 9.72 Å². The first-order valence-electron chi connectivity index (χ1n) is 5.18. The summed E-state index contributed by atoms with van der Waals surface area (Å²) in [5.74, 6) is 0.686. The molecule has 17 heavy (non-hydrogen) atoms. The lowest BCUT2D eigenvalue weighted by Crippen LogP contribution is -1.93. The molecule has 0 unspecified atom stereocenters. The van der Waals surface area contributed by atoms with Crippen molar-refractivity contribution in [3.63, 3.8) is 0 Å². The smallest absolute Gasteiger partial charge is 0.197 e. The normalized spacial score (nSPS) is 10.2. The van der Waals surface area contributed by atoms with E-state index in [0.717, 1.165) is 11.3 Å². The number of hydrogen-bond donors (Lipinski definition) is 1. The Hall–Kier alpha value is -1.39. The van der Waals surface area contributed by atoms with E-state index in [1.807, 2.05) is 31.2 Å². The first-order valence-corrected chi connectivity index (χ1v) is 5.97. The van der Waals surface area contributed by atoms with Crippen molar-refractivity contribution in [2.45, 2.75) is 6.92 Å². The third-order valence-corrected chi connectivity index (χ3v) is 2.72. The molecular formula is C12H11ClN2OS. The van der Waals surface area contributed by atoms with Crippen LogP contribution in [0.15, 0.2) is 30.5 Å². The Morgan fingerprint density at radius 1 is 1.41 bits per heavy atom. The summed E-state index contributed by atoms with van der Waals surface area (Å²) in [5.41, 5.74) is 1.84. The minimum Gasteiger partial charge on any atom is -0.492 e. The second kappa shape index (κ2) is 5.29. The molecule has 3 nitrogen and oxygen atoms in total. The maximum atomic E-state index is 6.12. The monoisotopic (exact) mass is 266 g/mol. The highest BCUT2D eigenvalue weighted by atomic mass is 35.5. The number of H-pyrrole nitrogens is 1. The Morgan fingerprint density at radius 2 is 2.24 bits per heavy atom. The average Bonchev–Trinajstić information content (AvgIpc) is 2.32. The van der Waals surface area contributed by atoms with Crippen LogP contribution in [0.2, 0.25) is 5.02 Å². The van der Waals surface area contributed by atoms with E-state index in [-0.39, 0.29) is 0 Å². The van der Waals surface area contributed by atoms with E-state index in [9.17, 15) is 0 Å². The van der Waals surface area contributed by atoms with Crippen LogP contribution in [0.1, 0.15) is 6.92 Å². The van der Waals surface area contributed by atoms with Gasteiger partial charge in [0.1, 0.15) is 5.75 Å². The van der Waals surface area contributed by atoms with Crippen LogP contribution in [0, 0.1) is 4.77 Å². The predicted molar refractivity (Wildman–Crippen MR) is 71.0 cm³/mol. The molecule has 2 rings (SSSR count). The van der Waals surface area contributed by atoms with Crippen LogP contribution in [-0.2, 0) is 0 Å². The summed E-state index contributed by atoms with van der Waals surface area (Å²) in [4.78, 5) is 6.94. The molecule has 0 spiro atoms. The maximum Gasteiger partial charge on any atom is 0.197 e. The van der Waals surface area contributed by atoms with Crippen LogP contribution in [0.3, 0.4) is 0 Å². The van der Waals surface area contributed by atoms with Crippen LogP contribution >= 0.6 is 23.8 Å². The molecule has 0 atom stereocenters. The third-order valence-electron chi connectivity index (χ3n) is 2.22. The zero-order valence-electron chi connectivity index (χ0n) is 9.24. The van der Waals surface area contributed by atoms with Crippen molar-refractivity contribution >= 4 is 23.8 Å². The van der Waals surface area contributed by atoms with Gasteiger partial charge in [-0.15, -0.1) is 0 Å². The molecule has 0 saturated heterocycles. The summed E-state index contributed by atoms with van der Waals surface area (Å²) in [6.45, 7) is 2.51. The predicted octanol–water partition coefficient (Wildman–Crippen LogP) is 3.86. The molecule has 0 aliphatic carbocycles. The van der Waals surface area contributed by atoms with Gasteiger partial charge in [0.25, 0.3) is 0 Å². The average molecular weight is 267 g/mol. The number of benzene rings is 1. The summed E-state index contributed by atoms with van der Waals surface area (Å²) < 4.78 is 5.83. The first-order chi connectivity index (χ1) is 8.20. The summed E-state index contributed by atoms with van der Waals surface area (Å²) >= 11 is 11.1. The Morgan fingerprint density at radius 3 is 2.88 bits per heavy atom. The van der Waals surface area contributed by atoms with Crippen molar-refractivity contribution in [1.29, 1.82) is 0 Å². The van der Waals surface area contributed by atoms with Crippen LogP contribution < -0.4 is 4.74 Å². The van der Waals surface area contributed by atoms with E-state index in [2.05, 4.69) is 9.97 Å². The standard InChI is InChI=1S/C12H11ClN2OS/c1-2-16-11-4-3-8(7-9(11)13)10-5-6-14-12(17)15-10/h3-7H,2H2,1H3,(H,14,15,17). The molecular weight excluding hydrogens is 256 g/mol. The van der Waals surface area contributed by atoms with Gasteiger partial charge in [-0.05, 0) is 49.0 Å². The van der Waals surface area contributed by atoms with Gasteiger partial charge in [0.2, 0.25) is 0 Å². The summed E-state index contributed by atoms with van der Waals surface area (Å²) in [7, 11) is 0. The van der Waals surface area contributed by atoms with Gasteiger partial charge >= 0.3 is 0 Å². The van der Waals surface area contributed by atoms with Gasteiger partial charge in [-0.3, -0.25) is 0 Å². The molecule has 0 aliphatic heterocycles. The fraction of sp³-hybridized carbons (Fsp3) is 0.167. The lowest BCUT2D eigenvalue weighted by molar-refractivity contribution is 0.340. The number of nitrogens with one attached hydrogen (secondary N) is 1. The largest absolute Gasteiger partial charge is 0.492 e. The van der Waals surface area contributed by atoms with Crippen LogP contribution in [0.4, 0.5) is 0 Å². The molecule has 0 aliphatic rings. The van der Waals surface area contributed by atoms with Crippen molar-refractivity contribution in [3.8, 4) is 17.0 Å². The quantitative estimate of drug-likeness (QED) is 0.858. The van der Waals surface area contributed by atoms with Gasteiger partial charge in [-0.25, -0.2) is 4.98 Å². The van der Waals surface area contributed by atoms with E-state index in [1.54, 1.807) is 6.20 Å². The highest BCUT2D eigenvalue weighted by molar-refractivity contribution is 7.71. The highest BCUT2D eigenvalue weighted by Gasteiger charge is 2.04. The van der Waals surface area contributed by atoms with E-state index < -0.39 is 0 Å². The van der Waals surface area contributed by atoms with E-state index in [4.69, 9.17) is 28.6 Å². The fourth-order valence-electron chi connectivity index (χ4n) is 1.48. The molecule has 0 fully saturated rings. The number of ether oxygens (including phenoxy) is 1. The van der Waals surface area contributed by atoms with Crippen LogP contribution in [0.5, 0.6) is 5.75 Å². The molecule has 1 aromatic carbocycles. The third kappa shape index (κ3) is 2.84. The van der Waals surface area contributed by atoms with Gasteiger partial charge in [0.05, 0.1) is 11.6 Å². The summed E-state index contributed by atoms with van der Waals surface area (Å²) in [6.07, 6.45) is 1.67. The molecule has 0 radical (unpaired) electrons. The topological polar surface area (TPSA) is 37.9 Å². The van der Waals surface area contributed by atoms with Crippen LogP contribution in [-0.4, -0.2) is 16.6 Å². The lowest BCUT2D eigenvalue weighted by Gasteiger charge is -2.07. The lowest BCUT2D eigenvalue weighted by atomic mass is 10.1. The number of aromatic amines is 1. The first kappa shape index (κ1) is 12.1. The number of hydrogen-bond acceptors (Lipinski definition) is 3. The summed E-state index contributed by atoms with van der Waals surface area (Å²) in [5, 5.41) is 0.584. The van der Waals surface area contributed by atoms with E-state index >= 15 is 0 Å². The van der Waals surface area contributed by atoms with Crippen molar-refractivity contribution in [2.24, 2.45) is 0 Å².